The molecule has 0 aliphatic heterocycles. The molecule has 0 fully saturated rings. The summed E-state index contributed by atoms with van der Waals surface area (Å²) in [5, 5.41) is 13.5. The zero-order valence-corrected chi connectivity index (χ0v) is 10.4. The van der Waals surface area contributed by atoms with Gasteiger partial charge in [-0.1, -0.05) is 29.3 Å². The van der Waals surface area contributed by atoms with E-state index in [4.69, 9.17) is 28.9 Å². The molecule has 0 saturated heterocycles. The minimum atomic E-state index is -0.478. The molecular weight excluding hydrogens is 247 g/mol. The van der Waals surface area contributed by atoms with Gasteiger partial charge in [-0.3, -0.25) is 0 Å². The summed E-state index contributed by atoms with van der Waals surface area (Å²) in [5.74, 6) is 0. The van der Waals surface area contributed by atoms with Gasteiger partial charge < -0.3 is 16.2 Å². The summed E-state index contributed by atoms with van der Waals surface area (Å²) < 4.78 is 0. The van der Waals surface area contributed by atoms with Crippen LogP contribution in [0.25, 0.3) is 0 Å². The molecule has 0 amide bonds. The van der Waals surface area contributed by atoms with Crippen LogP contribution in [-0.4, -0.2) is 30.8 Å². The van der Waals surface area contributed by atoms with E-state index in [1.807, 2.05) is 12.1 Å². The minimum Gasteiger partial charge on any atom is -0.390 e. The van der Waals surface area contributed by atoms with Crippen LogP contribution in [0, 0.1) is 0 Å². The van der Waals surface area contributed by atoms with Gasteiger partial charge in [0.15, 0.2) is 0 Å². The molecule has 1 unspecified atom stereocenters. The van der Waals surface area contributed by atoms with Crippen LogP contribution in [0.1, 0.15) is 5.56 Å². The number of halogens is 2. The van der Waals surface area contributed by atoms with Crippen LogP contribution in [0.4, 0.5) is 0 Å². The first-order valence-corrected chi connectivity index (χ1v) is 5.92. The monoisotopic (exact) mass is 262 g/mol. The number of nitrogens with two attached hydrogens (primary N) is 1. The molecule has 1 atom stereocenters. The van der Waals surface area contributed by atoms with Crippen molar-refractivity contribution in [1.29, 1.82) is 0 Å². The number of aliphatic hydroxyl groups is 1. The van der Waals surface area contributed by atoms with Crippen molar-refractivity contribution >= 4 is 23.2 Å². The van der Waals surface area contributed by atoms with Gasteiger partial charge in [-0.25, -0.2) is 0 Å². The molecular formula is C11H16Cl2N2O. The number of rotatable bonds is 6. The average molecular weight is 263 g/mol. The van der Waals surface area contributed by atoms with Gasteiger partial charge >= 0.3 is 0 Å². The summed E-state index contributed by atoms with van der Waals surface area (Å²) in [6.45, 7) is 1.56. The fourth-order valence-corrected chi connectivity index (χ4v) is 1.60. The van der Waals surface area contributed by atoms with Gasteiger partial charge in [0.2, 0.25) is 0 Å². The van der Waals surface area contributed by atoms with Crippen molar-refractivity contribution in [3.63, 3.8) is 0 Å². The lowest BCUT2D eigenvalue weighted by atomic mass is 10.1. The summed E-state index contributed by atoms with van der Waals surface area (Å²) in [5.41, 5.74) is 6.39. The van der Waals surface area contributed by atoms with E-state index in [1.165, 1.54) is 0 Å². The van der Waals surface area contributed by atoms with Crippen LogP contribution in [-0.2, 0) is 6.42 Å². The third-order valence-corrected chi connectivity index (χ3v) is 2.97. The number of nitrogens with one attached hydrogen (secondary N) is 1. The summed E-state index contributed by atoms with van der Waals surface area (Å²) in [4.78, 5) is 0. The Kier molecular flexibility index (Phi) is 6.09. The molecule has 90 valence electrons. The van der Waals surface area contributed by atoms with Crippen molar-refractivity contribution in [3.8, 4) is 0 Å². The highest BCUT2D eigenvalue weighted by Gasteiger charge is 2.01. The van der Waals surface area contributed by atoms with Gasteiger partial charge in [0, 0.05) is 13.1 Å². The lowest BCUT2D eigenvalue weighted by molar-refractivity contribution is 0.180. The molecule has 0 aliphatic carbocycles. The number of aliphatic hydroxyl groups excluding tert-OH is 1. The highest BCUT2D eigenvalue weighted by atomic mass is 35.5. The van der Waals surface area contributed by atoms with Crippen LogP contribution >= 0.6 is 23.2 Å². The molecule has 0 bridgehead atoms. The topological polar surface area (TPSA) is 58.3 Å². The molecule has 3 nitrogen and oxygen atoms in total. The van der Waals surface area contributed by atoms with E-state index < -0.39 is 6.10 Å². The van der Waals surface area contributed by atoms with E-state index in [1.54, 1.807) is 6.07 Å². The Hall–Kier alpha value is -0.320. The first-order chi connectivity index (χ1) is 7.63. The Morgan fingerprint density at radius 1 is 1.31 bits per heavy atom. The van der Waals surface area contributed by atoms with Crippen molar-refractivity contribution in [2.45, 2.75) is 12.5 Å². The fourth-order valence-electron chi connectivity index (χ4n) is 1.28. The third kappa shape index (κ3) is 4.68. The molecule has 1 aromatic carbocycles. The van der Waals surface area contributed by atoms with E-state index in [0.717, 1.165) is 18.5 Å². The highest BCUT2D eigenvalue weighted by Crippen LogP contribution is 2.22. The maximum atomic E-state index is 9.21. The van der Waals surface area contributed by atoms with Crippen LogP contribution in [0.15, 0.2) is 18.2 Å². The van der Waals surface area contributed by atoms with Gasteiger partial charge in [-0.2, -0.15) is 0 Å². The van der Waals surface area contributed by atoms with E-state index >= 15 is 0 Å². The maximum absolute atomic E-state index is 9.21. The Bertz CT molecular complexity index is 334. The average Bonchev–Trinajstić information content (AvgIpc) is 2.28. The van der Waals surface area contributed by atoms with Crippen LogP contribution in [0.2, 0.25) is 10.0 Å². The Morgan fingerprint density at radius 2 is 2.06 bits per heavy atom. The van der Waals surface area contributed by atoms with Crippen molar-refractivity contribution in [2.75, 3.05) is 19.6 Å². The summed E-state index contributed by atoms with van der Waals surface area (Å²) in [6.07, 6.45) is 0.363. The molecule has 0 aliphatic rings. The molecule has 5 heteroatoms. The lowest BCUT2D eigenvalue weighted by Crippen LogP contribution is -2.33. The van der Waals surface area contributed by atoms with Crippen molar-refractivity contribution in [2.24, 2.45) is 5.73 Å². The van der Waals surface area contributed by atoms with E-state index in [9.17, 15) is 5.11 Å². The molecule has 1 aromatic rings. The van der Waals surface area contributed by atoms with Crippen molar-refractivity contribution in [1.82, 2.24) is 5.32 Å². The molecule has 0 aromatic heterocycles. The summed E-state index contributed by atoms with van der Waals surface area (Å²) in [7, 11) is 0. The van der Waals surface area contributed by atoms with Crippen LogP contribution in [0.5, 0.6) is 0 Å². The molecule has 0 radical (unpaired) electrons. The normalized spacial score (nSPS) is 12.8. The lowest BCUT2D eigenvalue weighted by Gasteiger charge is -2.09. The van der Waals surface area contributed by atoms with E-state index in [-0.39, 0.29) is 6.54 Å². The number of benzene rings is 1. The van der Waals surface area contributed by atoms with Crippen LogP contribution in [0.3, 0.4) is 0 Å². The zero-order valence-electron chi connectivity index (χ0n) is 8.92. The zero-order chi connectivity index (χ0) is 12.0. The predicted octanol–water partition coefficient (Wildman–Crippen LogP) is 1.45. The van der Waals surface area contributed by atoms with Gasteiger partial charge in [0.25, 0.3) is 0 Å². The minimum absolute atomic E-state index is 0.278. The molecule has 0 heterocycles. The molecule has 16 heavy (non-hydrogen) atoms. The maximum Gasteiger partial charge on any atom is 0.0786 e. The first-order valence-electron chi connectivity index (χ1n) is 5.16. The van der Waals surface area contributed by atoms with Gasteiger partial charge in [-0.15, -0.1) is 0 Å². The quantitative estimate of drug-likeness (QED) is 0.681. The van der Waals surface area contributed by atoms with E-state index in [0.29, 0.717) is 16.6 Å². The number of hydrogen-bond donors (Lipinski definition) is 3. The molecule has 1 rings (SSSR count). The van der Waals surface area contributed by atoms with Gasteiger partial charge in [0.05, 0.1) is 16.1 Å². The Balaban J connectivity index is 2.29. The van der Waals surface area contributed by atoms with E-state index in [2.05, 4.69) is 5.32 Å². The molecule has 4 N–H and O–H groups in total. The largest absolute Gasteiger partial charge is 0.390 e. The van der Waals surface area contributed by atoms with Gasteiger partial charge in [-0.05, 0) is 30.7 Å². The molecule has 0 spiro atoms. The summed E-state index contributed by atoms with van der Waals surface area (Å²) >= 11 is 11.7. The Morgan fingerprint density at radius 3 is 2.69 bits per heavy atom. The van der Waals surface area contributed by atoms with Crippen molar-refractivity contribution in [3.05, 3.63) is 33.8 Å². The van der Waals surface area contributed by atoms with Crippen molar-refractivity contribution < 1.29 is 5.11 Å². The predicted molar refractivity (Wildman–Crippen MR) is 68.1 cm³/mol. The summed E-state index contributed by atoms with van der Waals surface area (Å²) in [6, 6.07) is 5.58. The standard InChI is InChI=1S/C11H16Cl2N2O/c12-10-2-1-8(5-11(10)13)3-4-15-7-9(16)6-14/h1-2,5,9,15-16H,3-4,6-7,14H2. The Labute approximate surface area is 106 Å². The second kappa shape index (κ2) is 7.09. The second-order valence-electron chi connectivity index (χ2n) is 3.59. The second-order valence-corrected chi connectivity index (χ2v) is 4.41. The fraction of sp³-hybridized carbons (Fsp3) is 0.455. The van der Waals surface area contributed by atoms with Gasteiger partial charge in [0.1, 0.15) is 0 Å². The smallest absolute Gasteiger partial charge is 0.0786 e. The first kappa shape index (κ1) is 13.7. The molecule has 0 saturated carbocycles. The highest BCUT2D eigenvalue weighted by molar-refractivity contribution is 6.42. The number of hydrogen-bond acceptors (Lipinski definition) is 3. The SMILES string of the molecule is NCC(O)CNCCc1ccc(Cl)c(Cl)c1. The third-order valence-electron chi connectivity index (χ3n) is 2.23. The van der Waals surface area contributed by atoms with Crippen LogP contribution < -0.4 is 11.1 Å².